The first-order valence-electron chi connectivity index (χ1n) is 21.7. The molecule has 292 valence electrons. The predicted molar refractivity (Wildman–Crippen MR) is 271 cm³/mol. The van der Waals surface area contributed by atoms with Crippen LogP contribution in [-0.2, 0) is 0 Å². The van der Waals surface area contributed by atoms with Crippen molar-refractivity contribution in [3.05, 3.63) is 194 Å². The minimum atomic E-state index is 0.0400. The van der Waals surface area contributed by atoms with Gasteiger partial charge in [-0.05, 0) is 107 Å². The summed E-state index contributed by atoms with van der Waals surface area (Å²) in [7, 11) is 0. The normalized spacial score (nSPS) is 14.2. The smallest absolute Gasteiger partial charge is 0.287 e. The summed E-state index contributed by atoms with van der Waals surface area (Å²) < 4.78 is 5.12. The van der Waals surface area contributed by atoms with E-state index in [1.165, 1.54) is 115 Å². The van der Waals surface area contributed by atoms with Crippen LogP contribution in [0.2, 0.25) is 0 Å². The molecule has 2 aromatic heterocycles. The van der Waals surface area contributed by atoms with E-state index in [0.717, 1.165) is 11.4 Å². The van der Waals surface area contributed by atoms with Crippen LogP contribution in [0.3, 0.4) is 0 Å². The molecule has 9 aromatic carbocycles. The van der Waals surface area contributed by atoms with Crippen LogP contribution in [0, 0.1) is 6.92 Å². The number of anilines is 6. The molecule has 6 heterocycles. The van der Waals surface area contributed by atoms with Gasteiger partial charge >= 0.3 is 0 Å². The molecule has 0 fully saturated rings. The summed E-state index contributed by atoms with van der Waals surface area (Å²) in [6, 6.07) is 70.4. The summed E-state index contributed by atoms with van der Waals surface area (Å²) in [4.78, 5) is 7.78. The molecule has 4 nitrogen and oxygen atoms in total. The Hall–Kier alpha value is -6.99. The highest BCUT2D eigenvalue weighted by molar-refractivity contribution is 8.28. The van der Waals surface area contributed by atoms with Crippen molar-refractivity contribution < 1.29 is 0 Å². The lowest BCUT2D eigenvalue weighted by Gasteiger charge is -2.43. The van der Waals surface area contributed by atoms with Gasteiger partial charge in [0.25, 0.3) is 12.0 Å². The van der Waals surface area contributed by atoms with E-state index < -0.39 is 0 Å². The second-order valence-corrected chi connectivity index (χ2v) is 19.4. The van der Waals surface area contributed by atoms with Crippen LogP contribution in [0.15, 0.2) is 198 Å². The van der Waals surface area contributed by atoms with E-state index in [-0.39, 0.29) is 12.0 Å². The summed E-state index contributed by atoms with van der Waals surface area (Å²) in [5, 5.41) is 5.19. The number of fused-ring (bicyclic) bond motifs is 12. The van der Waals surface area contributed by atoms with Gasteiger partial charge in [-0.2, -0.15) is 23.2 Å². The minimum absolute atomic E-state index is 0.0400. The first-order valence-corrected chi connectivity index (χ1v) is 23.5. The largest absolute Gasteiger partial charge is 0.311 e. The van der Waals surface area contributed by atoms with Gasteiger partial charge in [0.1, 0.15) is 0 Å². The summed E-state index contributed by atoms with van der Waals surface area (Å²) >= 11 is 4.04. The monoisotopic (exact) mass is 836 g/mol. The molecule has 0 N–H and O–H groups in total. The third-order valence-corrected chi connectivity index (χ3v) is 16.6. The Morgan fingerprint density at radius 1 is 0.381 bits per heavy atom. The molecule has 8 heteroatoms. The number of rotatable bonds is 2. The first-order chi connectivity index (χ1) is 31.2. The average molecular weight is 837 g/mol. The second-order valence-electron chi connectivity index (χ2n) is 17.1. The molecule has 4 aliphatic rings. The third kappa shape index (κ3) is 4.42. The molecule has 0 aliphatic carbocycles. The van der Waals surface area contributed by atoms with Gasteiger partial charge in [-0.1, -0.05) is 115 Å². The number of benzene rings is 9. The fraction of sp³-hybridized carbons (Fsp3) is 0.0182. The molecule has 63 heavy (non-hydrogen) atoms. The van der Waals surface area contributed by atoms with Crippen LogP contribution in [0.5, 0.6) is 0 Å². The molecule has 0 radical (unpaired) electrons. The number of nitrogens with zero attached hydrogens (tertiary/aromatic N) is 4. The highest BCUT2D eigenvalue weighted by atomic mass is 32.2. The molecule has 4 aliphatic heterocycles. The zero-order chi connectivity index (χ0) is 41.1. The Bertz CT molecular complexity index is 3560. The van der Waals surface area contributed by atoms with E-state index in [1.54, 1.807) is 0 Å². The quantitative estimate of drug-likeness (QED) is 0.161. The molecule has 11 aromatic rings. The standard InChI is InChI=1S/C55H34B2N4S2/c1-33-52-40(56-50-44(58(52)34-16-4-2-5-17-34)26-14-28-46(50)60-42-24-10-8-20-36(42)38-22-12-30-48(62-56)54(38)60)32-41-53(33)59(35-18-6-3-7-19-35)45-27-15-29-47-51(45)57(41)63-49-31-13-23-39-37-21-9-11-25-43(37)61(47)55(39)49/h2-32H,1H3. The molecule has 0 saturated heterocycles. The lowest BCUT2D eigenvalue weighted by Crippen LogP contribution is -2.55. The molecule has 15 rings (SSSR count). The van der Waals surface area contributed by atoms with Gasteiger partial charge in [-0.3, -0.25) is 0 Å². The molecular weight excluding hydrogens is 802 g/mol. The van der Waals surface area contributed by atoms with Crippen molar-refractivity contribution in [3.8, 4) is 11.4 Å². The van der Waals surface area contributed by atoms with Crippen molar-refractivity contribution in [2.24, 2.45) is 0 Å². The van der Waals surface area contributed by atoms with Crippen molar-refractivity contribution in [1.29, 1.82) is 0 Å². The molecule has 0 bridgehead atoms. The Morgan fingerprint density at radius 2 is 0.778 bits per heavy atom. The highest BCUT2D eigenvalue weighted by Crippen LogP contribution is 2.51. The van der Waals surface area contributed by atoms with Gasteiger partial charge in [0.05, 0.1) is 22.1 Å². The zero-order valence-electron chi connectivity index (χ0n) is 34.2. The van der Waals surface area contributed by atoms with E-state index in [4.69, 9.17) is 0 Å². The Balaban J connectivity index is 1.07. The van der Waals surface area contributed by atoms with Crippen molar-refractivity contribution in [1.82, 2.24) is 9.13 Å². The van der Waals surface area contributed by atoms with Crippen LogP contribution < -0.4 is 31.7 Å². The summed E-state index contributed by atoms with van der Waals surface area (Å²) in [6.07, 6.45) is 0. The van der Waals surface area contributed by atoms with Gasteiger partial charge in [0.15, 0.2) is 0 Å². The van der Waals surface area contributed by atoms with Gasteiger partial charge in [0.2, 0.25) is 0 Å². The number of aromatic nitrogens is 2. The summed E-state index contributed by atoms with van der Waals surface area (Å²) in [5.74, 6) is 0.0799. The van der Waals surface area contributed by atoms with Gasteiger partial charge < -0.3 is 18.9 Å². The maximum Gasteiger partial charge on any atom is 0.287 e. The number of hydrogen-bond donors (Lipinski definition) is 0. The maximum absolute atomic E-state index is 2.64. The fourth-order valence-corrected chi connectivity index (χ4v) is 14.4. The van der Waals surface area contributed by atoms with Crippen LogP contribution in [0.25, 0.3) is 55.0 Å². The Labute approximate surface area is 373 Å². The van der Waals surface area contributed by atoms with Crippen LogP contribution in [-0.4, -0.2) is 21.1 Å². The van der Waals surface area contributed by atoms with Gasteiger partial charge in [-0.15, -0.1) is 0 Å². The minimum Gasteiger partial charge on any atom is -0.311 e. The number of para-hydroxylation sites is 6. The first kappa shape index (κ1) is 34.6. The predicted octanol–water partition coefficient (Wildman–Crippen LogP) is 12.2. The Kier molecular flexibility index (Phi) is 6.90. The van der Waals surface area contributed by atoms with E-state index in [1.807, 2.05) is 23.2 Å². The molecule has 0 spiro atoms. The highest BCUT2D eigenvalue weighted by Gasteiger charge is 2.46. The average Bonchev–Trinajstić information content (AvgIpc) is 3.74. The zero-order valence-corrected chi connectivity index (χ0v) is 35.8. The lowest BCUT2D eigenvalue weighted by atomic mass is 9.52. The van der Waals surface area contributed by atoms with E-state index >= 15 is 0 Å². The second kappa shape index (κ2) is 12.6. The third-order valence-electron chi connectivity index (χ3n) is 14.0. The maximum atomic E-state index is 2.64. The van der Waals surface area contributed by atoms with E-state index in [2.05, 4.69) is 214 Å². The fourth-order valence-electron chi connectivity index (χ4n) is 11.6. The summed E-state index contributed by atoms with van der Waals surface area (Å²) in [6.45, 7) is 2.39. The van der Waals surface area contributed by atoms with E-state index in [9.17, 15) is 0 Å². The van der Waals surface area contributed by atoms with Crippen molar-refractivity contribution in [3.63, 3.8) is 0 Å². The molecule has 0 atom stereocenters. The number of hydrogen-bond acceptors (Lipinski definition) is 4. The van der Waals surface area contributed by atoms with E-state index in [0.29, 0.717) is 0 Å². The Morgan fingerprint density at radius 3 is 1.25 bits per heavy atom. The topological polar surface area (TPSA) is 16.3 Å². The molecule has 0 unspecified atom stereocenters. The van der Waals surface area contributed by atoms with Gasteiger partial charge in [-0.25, -0.2) is 0 Å². The van der Waals surface area contributed by atoms with Gasteiger partial charge in [0, 0.05) is 76.8 Å². The van der Waals surface area contributed by atoms with Crippen molar-refractivity contribution in [2.45, 2.75) is 16.7 Å². The van der Waals surface area contributed by atoms with Crippen molar-refractivity contribution >= 4 is 135 Å². The van der Waals surface area contributed by atoms with Crippen LogP contribution in [0.1, 0.15) is 5.56 Å². The van der Waals surface area contributed by atoms with Crippen molar-refractivity contribution in [2.75, 3.05) is 9.80 Å². The summed E-state index contributed by atoms with van der Waals surface area (Å²) in [5.41, 5.74) is 21.6. The van der Waals surface area contributed by atoms with Crippen LogP contribution in [0.4, 0.5) is 34.1 Å². The SMILES string of the molecule is Cc1c2c(cc3c1N(c1ccccc1)c1cccc4c1B3Sc1cccc3c5ccccc5n-4c13)B1Sc3cccc4c5ccccc5n(c34)-c3cccc(c31)N2c1ccccc1. The molecular formula is C55H34B2N4S2. The molecule has 0 amide bonds. The van der Waals surface area contributed by atoms with Crippen LogP contribution >= 0.6 is 23.2 Å². The molecule has 0 saturated carbocycles. The lowest BCUT2D eigenvalue weighted by molar-refractivity contribution is 1.16.